The van der Waals surface area contributed by atoms with E-state index in [4.69, 9.17) is 0 Å². The lowest BCUT2D eigenvalue weighted by molar-refractivity contribution is 0.118. The molecule has 1 atom stereocenters. The maximum absolute atomic E-state index is 4.17. The Kier molecular flexibility index (Phi) is 4.02. The Morgan fingerprint density at radius 3 is 2.94 bits per heavy atom. The second kappa shape index (κ2) is 5.36. The van der Waals surface area contributed by atoms with E-state index >= 15 is 0 Å². The molecule has 0 fully saturated rings. The summed E-state index contributed by atoms with van der Waals surface area (Å²) in [6.07, 6.45) is 1.83. The van der Waals surface area contributed by atoms with Crippen molar-refractivity contribution in [2.24, 2.45) is 5.41 Å². The van der Waals surface area contributed by atoms with Gasteiger partial charge in [-0.25, -0.2) is 0 Å². The minimum absolute atomic E-state index is 0.262. The highest BCUT2D eigenvalue weighted by molar-refractivity contribution is 4.92. The lowest BCUT2D eigenvalue weighted by Crippen LogP contribution is -2.48. The Morgan fingerprint density at radius 1 is 1.44 bits per heavy atom. The van der Waals surface area contributed by atoms with Gasteiger partial charge in [0.2, 0.25) is 0 Å². The van der Waals surface area contributed by atoms with E-state index in [0.717, 1.165) is 38.5 Å². The van der Waals surface area contributed by atoms with Gasteiger partial charge in [0.1, 0.15) is 12.2 Å². The van der Waals surface area contributed by atoms with Crippen LogP contribution in [0.1, 0.15) is 33.5 Å². The highest BCUT2D eigenvalue weighted by Crippen LogP contribution is 2.24. The van der Waals surface area contributed by atoms with E-state index in [0.29, 0.717) is 6.04 Å². The zero-order valence-corrected chi connectivity index (χ0v) is 12.0. The van der Waals surface area contributed by atoms with Gasteiger partial charge in [0.25, 0.3) is 0 Å². The zero-order chi connectivity index (χ0) is 13.2. The van der Waals surface area contributed by atoms with Crippen LogP contribution in [0, 0.1) is 5.41 Å². The maximum atomic E-state index is 4.17. The molecule has 102 valence electrons. The molecule has 0 bridgehead atoms. The average Bonchev–Trinajstić information content (AvgIpc) is 2.76. The number of aromatic nitrogens is 3. The number of rotatable bonds is 5. The van der Waals surface area contributed by atoms with Crippen LogP contribution in [0.25, 0.3) is 0 Å². The third-order valence-electron chi connectivity index (χ3n) is 4.03. The Balaban J connectivity index is 1.94. The second-order valence-corrected chi connectivity index (χ2v) is 5.92. The fraction of sp³-hybridized carbons (Fsp3) is 0.846. The fourth-order valence-electron chi connectivity index (χ4n) is 2.55. The van der Waals surface area contributed by atoms with Gasteiger partial charge in [0, 0.05) is 25.7 Å². The molecule has 0 spiro atoms. The van der Waals surface area contributed by atoms with Gasteiger partial charge in [0.05, 0.1) is 6.54 Å². The summed E-state index contributed by atoms with van der Waals surface area (Å²) in [5.74, 6) is 1.09. The highest BCUT2D eigenvalue weighted by atomic mass is 15.3. The van der Waals surface area contributed by atoms with E-state index in [-0.39, 0.29) is 5.41 Å². The first-order valence-corrected chi connectivity index (χ1v) is 6.85. The molecule has 0 amide bonds. The monoisotopic (exact) mass is 251 g/mol. The van der Waals surface area contributed by atoms with E-state index in [1.807, 2.05) is 6.33 Å². The lowest BCUT2D eigenvalue weighted by Gasteiger charge is -2.38. The molecular formula is C13H25N5. The third-order valence-corrected chi connectivity index (χ3v) is 4.03. The lowest BCUT2D eigenvalue weighted by atomic mass is 9.84. The molecule has 1 aliphatic heterocycles. The highest BCUT2D eigenvalue weighted by Gasteiger charge is 2.29. The predicted molar refractivity (Wildman–Crippen MR) is 72.2 cm³/mol. The molecule has 0 aliphatic carbocycles. The number of fused-ring (bicyclic) bond motifs is 1. The average molecular weight is 251 g/mol. The van der Waals surface area contributed by atoms with Crippen LogP contribution in [0.5, 0.6) is 0 Å². The normalized spacial score (nSPS) is 18.7. The maximum Gasteiger partial charge on any atom is 0.147 e. The van der Waals surface area contributed by atoms with Crippen molar-refractivity contribution in [3.63, 3.8) is 0 Å². The fourth-order valence-corrected chi connectivity index (χ4v) is 2.55. The molecule has 0 saturated heterocycles. The second-order valence-electron chi connectivity index (χ2n) is 5.92. The Labute approximate surface area is 110 Å². The van der Waals surface area contributed by atoms with Gasteiger partial charge in [0.15, 0.2) is 0 Å². The van der Waals surface area contributed by atoms with Crippen LogP contribution in [0.3, 0.4) is 0 Å². The molecule has 1 aromatic heterocycles. The molecule has 0 saturated carbocycles. The predicted octanol–water partition coefficient (Wildman–Crippen LogP) is 1.12. The Bertz CT molecular complexity index is 384. The first-order chi connectivity index (χ1) is 8.53. The van der Waals surface area contributed by atoms with Gasteiger partial charge in [-0.2, -0.15) is 0 Å². The van der Waals surface area contributed by atoms with Gasteiger partial charge >= 0.3 is 0 Å². The van der Waals surface area contributed by atoms with Crippen LogP contribution >= 0.6 is 0 Å². The Hall–Kier alpha value is -0.940. The molecule has 18 heavy (non-hydrogen) atoms. The van der Waals surface area contributed by atoms with Crippen LogP contribution in [0.2, 0.25) is 0 Å². The van der Waals surface area contributed by atoms with Gasteiger partial charge < -0.3 is 9.88 Å². The van der Waals surface area contributed by atoms with E-state index < -0.39 is 0 Å². The van der Waals surface area contributed by atoms with Crippen LogP contribution in [-0.2, 0) is 13.1 Å². The van der Waals surface area contributed by atoms with Crippen molar-refractivity contribution in [1.29, 1.82) is 0 Å². The molecule has 1 N–H and O–H groups in total. The van der Waals surface area contributed by atoms with Crippen molar-refractivity contribution < 1.29 is 0 Å². The zero-order valence-electron chi connectivity index (χ0n) is 12.0. The molecule has 1 unspecified atom stereocenters. The summed E-state index contributed by atoms with van der Waals surface area (Å²) in [7, 11) is 0. The molecule has 0 aromatic carbocycles. The molecule has 0 radical (unpaired) electrons. The van der Waals surface area contributed by atoms with Gasteiger partial charge in [-0.15, -0.1) is 10.2 Å². The quantitative estimate of drug-likeness (QED) is 0.852. The van der Waals surface area contributed by atoms with Gasteiger partial charge in [-0.3, -0.25) is 4.90 Å². The summed E-state index contributed by atoms with van der Waals surface area (Å²) >= 11 is 0. The van der Waals surface area contributed by atoms with Gasteiger partial charge in [-0.1, -0.05) is 20.8 Å². The number of nitrogens with zero attached hydrogens (tertiary/aromatic N) is 4. The smallest absolute Gasteiger partial charge is 0.147 e. The molecule has 2 rings (SSSR count). The minimum atomic E-state index is 0.262. The van der Waals surface area contributed by atoms with E-state index in [9.17, 15) is 0 Å². The number of hydrogen-bond acceptors (Lipinski definition) is 4. The number of hydrogen-bond donors (Lipinski definition) is 1. The summed E-state index contributed by atoms with van der Waals surface area (Å²) in [6, 6.07) is 0.516. The summed E-state index contributed by atoms with van der Waals surface area (Å²) in [5, 5.41) is 11.7. The van der Waals surface area contributed by atoms with Crippen molar-refractivity contribution in [2.45, 2.75) is 46.8 Å². The molecule has 2 heterocycles. The molecular weight excluding hydrogens is 226 g/mol. The topological polar surface area (TPSA) is 46.0 Å². The molecule has 1 aliphatic rings. The van der Waals surface area contributed by atoms with Crippen molar-refractivity contribution in [2.75, 3.05) is 19.6 Å². The number of nitrogens with one attached hydrogen (secondary N) is 1. The summed E-state index contributed by atoms with van der Waals surface area (Å²) < 4.78 is 2.15. The molecule has 5 nitrogen and oxygen atoms in total. The van der Waals surface area contributed by atoms with Crippen molar-refractivity contribution >= 4 is 0 Å². The van der Waals surface area contributed by atoms with Crippen molar-refractivity contribution in [1.82, 2.24) is 25.0 Å². The third kappa shape index (κ3) is 2.90. The SMILES string of the molecule is CCNC(C)C(C)(C)CN1CCn2cnnc2C1. The van der Waals surface area contributed by atoms with E-state index in [1.54, 1.807) is 0 Å². The largest absolute Gasteiger partial charge is 0.315 e. The van der Waals surface area contributed by atoms with Crippen LogP contribution in [-0.4, -0.2) is 45.3 Å². The minimum Gasteiger partial charge on any atom is -0.315 e. The van der Waals surface area contributed by atoms with Crippen LogP contribution < -0.4 is 5.32 Å². The van der Waals surface area contributed by atoms with Crippen molar-refractivity contribution in [3.05, 3.63) is 12.2 Å². The first-order valence-electron chi connectivity index (χ1n) is 6.85. The summed E-state index contributed by atoms with van der Waals surface area (Å²) in [5.41, 5.74) is 0.262. The van der Waals surface area contributed by atoms with Gasteiger partial charge in [-0.05, 0) is 18.9 Å². The summed E-state index contributed by atoms with van der Waals surface area (Å²) in [4.78, 5) is 2.48. The molecule has 1 aromatic rings. The van der Waals surface area contributed by atoms with Crippen molar-refractivity contribution in [3.8, 4) is 0 Å². The van der Waals surface area contributed by atoms with E-state index in [2.05, 4.69) is 52.7 Å². The standard InChI is InChI=1S/C13H25N5/c1-5-14-11(2)13(3,4)9-17-6-7-18-10-15-16-12(18)8-17/h10-11,14H,5-9H2,1-4H3. The Morgan fingerprint density at radius 2 is 2.22 bits per heavy atom. The molecule has 5 heteroatoms. The van der Waals surface area contributed by atoms with Crippen LogP contribution in [0.15, 0.2) is 6.33 Å². The van der Waals surface area contributed by atoms with Crippen LogP contribution in [0.4, 0.5) is 0 Å². The summed E-state index contributed by atoms with van der Waals surface area (Å²) in [6.45, 7) is 14.2. The van der Waals surface area contributed by atoms with E-state index in [1.165, 1.54) is 0 Å². The first kappa shape index (κ1) is 13.5.